The molecule has 0 unspecified atom stereocenters. The Kier molecular flexibility index (Phi) is 15.5. The normalized spacial score (nSPS) is 9.08. The largest absolute Gasteiger partial charge is 3.00 e. The smallest absolute Gasteiger partial charge is 0.463 e. The fourth-order valence-electron chi connectivity index (χ4n) is 0.609. The minimum Gasteiger partial charge on any atom is -0.463 e. The number of rotatable bonds is 7. The number of hydrogen-bond donors (Lipinski definition) is 1. The van der Waals surface area contributed by atoms with Crippen molar-refractivity contribution in [3.8, 4) is 0 Å². The van der Waals surface area contributed by atoms with E-state index in [1.807, 2.05) is 0 Å². The van der Waals surface area contributed by atoms with E-state index in [0.717, 1.165) is 19.4 Å². The van der Waals surface area contributed by atoms with Crippen molar-refractivity contribution in [1.29, 1.82) is 0 Å². The molecule has 2 radical (unpaired) electrons. The number of hydrogen-bond acceptors (Lipinski definition) is 4. The van der Waals surface area contributed by atoms with Crippen LogP contribution < -0.4 is 0 Å². The zero-order chi connectivity index (χ0) is 9.23. The Morgan fingerprint density at radius 1 is 1.31 bits per heavy atom. The number of thiol groups is 1. The number of carbonyl (C=O) groups excluding carboxylic acids is 1. The Bertz CT molecular complexity index is 122. The first-order valence-electron chi connectivity index (χ1n) is 4.15. The molecule has 0 bridgehead atoms. The summed E-state index contributed by atoms with van der Waals surface area (Å²) in [6, 6.07) is 0. The van der Waals surface area contributed by atoms with Crippen LogP contribution in [0.4, 0.5) is 0 Å². The summed E-state index contributed by atoms with van der Waals surface area (Å²) in [6.45, 7) is 3.67. The molecule has 0 heterocycles. The van der Waals surface area contributed by atoms with Gasteiger partial charge in [-0.1, -0.05) is 13.3 Å². The number of carbonyl (C=O) groups is 1. The fourth-order valence-corrected chi connectivity index (χ4v) is 0.700. The van der Waals surface area contributed by atoms with Crippen LogP contribution in [-0.2, 0) is 14.3 Å². The Balaban J connectivity index is 0. The zero-order valence-electron chi connectivity index (χ0n) is 7.86. The van der Waals surface area contributed by atoms with Crippen LogP contribution in [0.3, 0.4) is 0 Å². The Morgan fingerprint density at radius 3 is 2.54 bits per heavy atom. The Hall–Kier alpha value is 0.598. The summed E-state index contributed by atoms with van der Waals surface area (Å²) in [4.78, 5) is 10.5. The first kappa shape index (κ1) is 16.0. The molecule has 0 amide bonds. The van der Waals surface area contributed by atoms with E-state index < -0.39 is 0 Å². The van der Waals surface area contributed by atoms with Crippen LogP contribution in [0, 0.1) is 0 Å². The summed E-state index contributed by atoms with van der Waals surface area (Å²) in [5.41, 5.74) is 0. The molecule has 0 saturated heterocycles. The average Bonchev–Trinajstić information content (AvgIpc) is 2.10. The summed E-state index contributed by atoms with van der Waals surface area (Å²) in [6.07, 6.45) is 2.18. The van der Waals surface area contributed by atoms with Crippen molar-refractivity contribution in [3.05, 3.63) is 0 Å². The van der Waals surface area contributed by atoms with Gasteiger partial charge in [0.05, 0.1) is 12.4 Å². The molecule has 5 heteroatoms. The van der Waals surface area contributed by atoms with Crippen molar-refractivity contribution in [1.82, 2.24) is 0 Å². The molecule has 0 aliphatic rings. The average molecular weight is 314 g/mol. The monoisotopic (exact) mass is 313 g/mol. The first-order chi connectivity index (χ1) is 5.81. The molecule has 0 atom stereocenters. The molecule has 13 heavy (non-hydrogen) atoms. The topological polar surface area (TPSA) is 35.5 Å². The van der Waals surface area contributed by atoms with Crippen LogP contribution in [0.1, 0.15) is 19.8 Å². The van der Waals surface area contributed by atoms with E-state index in [0.29, 0.717) is 13.2 Å². The predicted molar refractivity (Wildman–Crippen MR) is 56.3 cm³/mol. The van der Waals surface area contributed by atoms with E-state index in [-0.39, 0.29) is 36.2 Å². The molecule has 0 aliphatic carbocycles. The number of unbranched alkanes of at least 4 members (excludes halogenated alkanes) is 1. The van der Waals surface area contributed by atoms with Gasteiger partial charge in [0.2, 0.25) is 0 Å². The van der Waals surface area contributed by atoms with Crippen LogP contribution in [0.2, 0.25) is 0 Å². The van der Waals surface area contributed by atoms with Crippen LogP contribution in [0.25, 0.3) is 0 Å². The van der Waals surface area contributed by atoms with Gasteiger partial charge in [0.15, 0.2) is 0 Å². The molecule has 0 aliphatic heterocycles. The predicted octanol–water partition coefficient (Wildman–Crippen LogP) is 0.895. The van der Waals surface area contributed by atoms with E-state index in [9.17, 15) is 4.79 Å². The van der Waals surface area contributed by atoms with Gasteiger partial charge in [-0.05, 0) is 6.42 Å². The van der Waals surface area contributed by atoms with Crippen molar-refractivity contribution < 1.29 is 14.3 Å². The fraction of sp³-hybridized carbons (Fsp3) is 0.875. The summed E-state index contributed by atoms with van der Waals surface area (Å²) in [5.74, 6) is -0.160. The van der Waals surface area contributed by atoms with Crippen LogP contribution in [0.15, 0.2) is 0 Å². The van der Waals surface area contributed by atoms with Gasteiger partial charge in [-0.3, -0.25) is 4.79 Å². The van der Waals surface area contributed by atoms with Gasteiger partial charge in [-0.15, -0.1) is 0 Å². The van der Waals surface area contributed by atoms with Crippen LogP contribution in [-0.4, -0.2) is 56.0 Å². The summed E-state index contributed by atoms with van der Waals surface area (Å²) < 4.78 is 9.90. The molecular weight excluding hydrogens is 298 g/mol. The zero-order valence-corrected chi connectivity index (χ0v) is 11.3. The first-order valence-corrected chi connectivity index (χ1v) is 4.78. The summed E-state index contributed by atoms with van der Waals surface area (Å²) >= 11 is 3.76. The molecule has 0 aromatic rings. The van der Waals surface area contributed by atoms with Gasteiger partial charge in [-0.2, -0.15) is 12.6 Å². The second-order valence-corrected chi connectivity index (χ2v) is 2.66. The summed E-state index contributed by atoms with van der Waals surface area (Å²) in [5, 5.41) is 0. The number of esters is 1. The Morgan fingerprint density at radius 2 is 2.00 bits per heavy atom. The standard InChI is InChI=1S/C8H16O3S.Sb/c1-2-3-4-10-5-6-11-8(9)7-12;/h12H,2-7H2,1H3;/q;+3. The van der Waals surface area contributed by atoms with E-state index in [1.165, 1.54) is 0 Å². The Labute approximate surface area is 102 Å². The minimum atomic E-state index is -0.294. The van der Waals surface area contributed by atoms with Crippen LogP contribution in [0.5, 0.6) is 0 Å². The second kappa shape index (κ2) is 12.6. The van der Waals surface area contributed by atoms with Gasteiger partial charge in [0.25, 0.3) is 0 Å². The summed E-state index contributed by atoms with van der Waals surface area (Å²) in [7, 11) is 0. The van der Waals surface area contributed by atoms with E-state index in [1.54, 1.807) is 0 Å². The minimum absolute atomic E-state index is 0. The molecule has 0 aromatic heterocycles. The van der Waals surface area contributed by atoms with Gasteiger partial charge in [0, 0.05) is 6.61 Å². The molecule has 0 aromatic carbocycles. The SMILES string of the molecule is CCCCOCCOC(=O)CS.[Sb+3]. The van der Waals surface area contributed by atoms with Crippen molar-refractivity contribution in [2.24, 2.45) is 0 Å². The van der Waals surface area contributed by atoms with Gasteiger partial charge >= 0.3 is 30.4 Å². The van der Waals surface area contributed by atoms with Crippen molar-refractivity contribution in [3.63, 3.8) is 0 Å². The maximum absolute atomic E-state index is 10.5. The quantitative estimate of drug-likeness (QED) is 0.328. The van der Waals surface area contributed by atoms with Crippen molar-refractivity contribution >= 4 is 43.0 Å². The maximum atomic E-state index is 10.5. The molecular formula is C8H16O3SSb+3. The molecule has 0 saturated carbocycles. The van der Waals surface area contributed by atoms with Gasteiger partial charge in [0.1, 0.15) is 6.61 Å². The molecule has 0 rings (SSSR count). The van der Waals surface area contributed by atoms with E-state index in [2.05, 4.69) is 19.6 Å². The van der Waals surface area contributed by atoms with E-state index >= 15 is 0 Å². The molecule has 0 spiro atoms. The molecule has 74 valence electrons. The number of ether oxygens (including phenoxy) is 2. The molecule has 0 N–H and O–H groups in total. The maximum Gasteiger partial charge on any atom is 3.00 e. The second-order valence-electron chi connectivity index (χ2n) is 2.34. The molecule has 3 nitrogen and oxygen atoms in total. The van der Waals surface area contributed by atoms with Crippen molar-refractivity contribution in [2.75, 3.05) is 25.6 Å². The van der Waals surface area contributed by atoms with Crippen molar-refractivity contribution in [2.45, 2.75) is 19.8 Å². The third-order valence-corrected chi connectivity index (χ3v) is 1.52. The third kappa shape index (κ3) is 12.6. The van der Waals surface area contributed by atoms with Crippen LogP contribution >= 0.6 is 12.6 Å². The third-order valence-electron chi connectivity index (χ3n) is 1.26. The van der Waals surface area contributed by atoms with E-state index in [4.69, 9.17) is 9.47 Å². The van der Waals surface area contributed by atoms with Gasteiger partial charge in [-0.25, -0.2) is 0 Å². The molecule has 0 fully saturated rings. The van der Waals surface area contributed by atoms with Gasteiger partial charge < -0.3 is 9.47 Å².